The van der Waals surface area contributed by atoms with Crippen molar-refractivity contribution in [3.05, 3.63) is 23.8 Å². The van der Waals surface area contributed by atoms with Crippen LogP contribution in [-0.2, 0) is 10.0 Å². The molecule has 0 aliphatic carbocycles. The van der Waals surface area contributed by atoms with E-state index in [2.05, 4.69) is 0 Å². The molecule has 4 nitrogen and oxygen atoms in total. The molecule has 0 unspecified atom stereocenters. The van der Waals surface area contributed by atoms with Crippen LogP contribution in [0, 0.1) is 6.92 Å². The summed E-state index contributed by atoms with van der Waals surface area (Å²) in [6.07, 6.45) is 1.81. The minimum atomic E-state index is -3.45. The Morgan fingerprint density at radius 1 is 1.35 bits per heavy atom. The van der Waals surface area contributed by atoms with E-state index in [9.17, 15) is 8.42 Å². The molecular weight excluding hydrogens is 236 g/mol. The van der Waals surface area contributed by atoms with Crippen molar-refractivity contribution < 1.29 is 8.42 Å². The van der Waals surface area contributed by atoms with E-state index >= 15 is 0 Å². The fourth-order valence-electron chi connectivity index (χ4n) is 1.57. The van der Waals surface area contributed by atoms with Crippen LogP contribution in [0.5, 0.6) is 0 Å². The van der Waals surface area contributed by atoms with Crippen LogP contribution in [0.1, 0.15) is 25.3 Å². The monoisotopic (exact) mass is 256 g/mol. The molecule has 0 saturated heterocycles. The Morgan fingerprint density at radius 2 is 2.00 bits per heavy atom. The standard InChI is InChI=1S/C12H20N2O2S/c1-4-5-8-14(3)17(15,16)12-7-6-10(2)9-11(12)13/h6-7,9H,4-5,8,13H2,1-3H3. The van der Waals surface area contributed by atoms with Gasteiger partial charge >= 0.3 is 0 Å². The van der Waals surface area contributed by atoms with Crippen molar-refractivity contribution in [2.75, 3.05) is 19.3 Å². The fourth-order valence-corrected chi connectivity index (χ4v) is 2.87. The van der Waals surface area contributed by atoms with Crippen LogP contribution in [0.2, 0.25) is 0 Å². The van der Waals surface area contributed by atoms with Crippen LogP contribution in [-0.4, -0.2) is 26.3 Å². The Balaban J connectivity index is 3.04. The lowest BCUT2D eigenvalue weighted by atomic mass is 10.2. The lowest BCUT2D eigenvalue weighted by Crippen LogP contribution is -2.28. The van der Waals surface area contributed by atoms with Crippen LogP contribution in [0.4, 0.5) is 5.69 Å². The van der Waals surface area contributed by atoms with Gasteiger partial charge in [-0.05, 0) is 31.0 Å². The molecule has 2 N–H and O–H groups in total. The molecule has 5 heteroatoms. The third kappa shape index (κ3) is 3.20. The Bertz CT molecular complexity index is 483. The van der Waals surface area contributed by atoms with Crippen LogP contribution in [0.25, 0.3) is 0 Å². The first-order valence-corrected chi connectivity index (χ1v) is 7.16. The Kier molecular flexibility index (Phi) is 4.54. The highest BCUT2D eigenvalue weighted by atomic mass is 32.2. The lowest BCUT2D eigenvalue weighted by molar-refractivity contribution is 0.459. The molecule has 0 radical (unpaired) electrons. The van der Waals surface area contributed by atoms with E-state index in [1.807, 2.05) is 13.8 Å². The Morgan fingerprint density at radius 3 is 2.53 bits per heavy atom. The van der Waals surface area contributed by atoms with Crippen molar-refractivity contribution in [1.82, 2.24) is 4.31 Å². The number of aryl methyl sites for hydroxylation is 1. The molecule has 17 heavy (non-hydrogen) atoms. The van der Waals surface area contributed by atoms with Crippen LogP contribution in [0.3, 0.4) is 0 Å². The van der Waals surface area contributed by atoms with Gasteiger partial charge in [0.2, 0.25) is 10.0 Å². The van der Waals surface area contributed by atoms with Crippen molar-refractivity contribution >= 4 is 15.7 Å². The van der Waals surface area contributed by atoms with E-state index in [0.29, 0.717) is 12.2 Å². The molecule has 0 fully saturated rings. The van der Waals surface area contributed by atoms with Gasteiger partial charge in [0, 0.05) is 13.6 Å². The molecule has 0 atom stereocenters. The number of rotatable bonds is 5. The summed E-state index contributed by atoms with van der Waals surface area (Å²) in [4.78, 5) is 0.196. The summed E-state index contributed by atoms with van der Waals surface area (Å²) < 4.78 is 25.8. The first kappa shape index (κ1) is 14.0. The molecular formula is C12H20N2O2S. The van der Waals surface area contributed by atoms with Crippen LogP contribution in [0.15, 0.2) is 23.1 Å². The second-order valence-corrected chi connectivity index (χ2v) is 6.23. The van der Waals surface area contributed by atoms with Crippen molar-refractivity contribution in [1.29, 1.82) is 0 Å². The first-order valence-electron chi connectivity index (χ1n) is 5.72. The van der Waals surface area contributed by atoms with Gasteiger partial charge in [0.15, 0.2) is 0 Å². The first-order chi connectivity index (χ1) is 7.89. The summed E-state index contributed by atoms with van der Waals surface area (Å²) in [5, 5.41) is 0. The number of sulfonamides is 1. The van der Waals surface area contributed by atoms with Gasteiger partial charge in [-0.1, -0.05) is 19.4 Å². The van der Waals surface area contributed by atoms with Gasteiger partial charge in [-0.15, -0.1) is 0 Å². The van der Waals surface area contributed by atoms with Gasteiger partial charge in [-0.2, -0.15) is 0 Å². The highest BCUT2D eigenvalue weighted by Gasteiger charge is 2.22. The number of hydrogen-bond acceptors (Lipinski definition) is 3. The molecule has 96 valence electrons. The summed E-state index contributed by atoms with van der Waals surface area (Å²) >= 11 is 0. The molecule has 0 amide bonds. The largest absolute Gasteiger partial charge is 0.398 e. The maximum Gasteiger partial charge on any atom is 0.244 e. The zero-order valence-corrected chi connectivity index (χ0v) is 11.4. The van der Waals surface area contributed by atoms with Crippen molar-refractivity contribution in [3.63, 3.8) is 0 Å². The van der Waals surface area contributed by atoms with E-state index in [4.69, 9.17) is 5.73 Å². The average Bonchev–Trinajstić information content (AvgIpc) is 2.25. The molecule has 1 aromatic carbocycles. The van der Waals surface area contributed by atoms with Gasteiger partial charge < -0.3 is 5.73 Å². The summed E-state index contributed by atoms with van der Waals surface area (Å²) in [5.74, 6) is 0. The predicted octanol–water partition coefficient (Wildman–Crippen LogP) is 2.00. The number of hydrogen-bond donors (Lipinski definition) is 1. The van der Waals surface area contributed by atoms with Crippen LogP contribution >= 0.6 is 0 Å². The third-order valence-electron chi connectivity index (χ3n) is 2.68. The van der Waals surface area contributed by atoms with Gasteiger partial charge in [0.1, 0.15) is 4.90 Å². The van der Waals surface area contributed by atoms with Crippen molar-refractivity contribution in [2.45, 2.75) is 31.6 Å². The number of unbranched alkanes of at least 4 members (excludes halogenated alkanes) is 1. The topological polar surface area (TPSA) is 63.4 Å². The highest BCUT2D eigenvalue weighted by Crippen LogP contribution is 2.22. The Hall–Kier alpha value is -1.07. The molecule has 1 aromatic rings. The predicted molar refractivity (Wildman–Crippen MR) is 70.3 cm³/mol. The molecule has 0 spiro atoms. The number of nitrogens with zero attached hydrogens (tertiary/aromatic N) is 1. The van der Waals surface area contributed by atoms with Crippen molar-refractivity contribution in [2.24, 2.45) is 0 Å². The van der Waals surface area contributed by atoms with Crippen LogP contribution < -0.4 is 5.73 Å². The molecule has 0 aliphatic rings. The summed E-state index contributed by atoms with van der Waals surface area (Å²) in [5.41, 5.74) is 7.04. The van der Waals surface area contributed by atoms with Gasteiger partial charge in [-0.3, -0.25) is 0 Å². The molecule has 0 aliphatic heterocycles. The van der Waals surface area contributed by atoms with E-state index in [-0.39, 0.29) is 4.90 Å². The Labute approximate surface area is 103 Å². The molecule has 0 heterocycles. The third-order valence-corrected chi connectivity index (χ3v) is 4.61. The minimum absolute atomic E-state index is 0.196. The quantitative estimate of drug-likeness (QED) is 0.819. The summed E-state index contributed by atoms with van der Waals surface area (Å²) in [7, 11) is -1.86. The van der Waals surface area contributed by atoms with Gasteiger partial charge in [0.05, 0.1) is 5.69 Å². The fraction of sp³-hybridized carbons (Fsp3) is 0.500. The van der Waals surface area contributed by atoms with E-state index in [0.717, 1.165) is 18.4 Å². The van der Waals surface area contributed by atoms with Gasteiger partial charge in [0.25, 0.3) is 0 Å². The molecule has 1 rings (SSSR count). The molecule has 0 saturated carbocycles. The molecule has 0 bridgehead atoms. The summed E-state index contributed by atoms with van der Waals surface area (Å²) in [6.45, 7) is 4.43. The highest BCUT2D eigenvalue weighted by molar-refractivity contribution is 7.89. The van der Waals surface area contributed by atoms with Gasteiger partial charge in [-0.25, -0.2) is 12.7 Å². The zero-order valence-electron chi connectivity index (χ0n) is 10.6. The minimum Gasteiger partial charge on any atom is -0.398 e. The smallest absolute Gasteiger partial charge is 0.244 e. The number of anilines is 1. The normalized spacial score (nSPS) is 12.0. The average molecular weight is 256 g/mol. The lowest BCUT2D eigenvalue weighted by Gasteiger charge is -2.18. The zero-order chi connectivity index (χ0) is 13.1. The van der Waals surface area contributed by atoms with E-state index in [1.165, 1.54) is 4.31 Å². The van der Waals surface area contributed by atoms with E-state index in [1.54, 1.807) is 25.2 Å². The second kappa shape index (κ2) is 5.51. The number of benzene rings is 1. The molecule has 0 aromatic heterocycles. The number of nitrogens with two attached hydrogens (primary N) is 1. The van der Waals surface area contributed by atoms with Crippen molar-refractivity contribution in [3.8, 4) is 0 Å². The maximum absolute atomic E-state index is 12.2. The van der Waals surface area contributed by atoms with E-state index < -0.39 is 10.0 Å². The SMILES string of the molecule is CCCCN(C)S(=O)(=O)c1ccc(C)cc1N. The number of nitrogen functional groups attached to an aromatic ring is 1. The maximum atomic E-state index is 12.2. The summed E-state index contributed by atoms with van der Waals surface area (Å²) in [6, 6.07) is 5.01. The second-order valence-electron chi connectivity index (χ2n) is 4.22.